The van der Waals surface area contributed by atoms with Crippen molar-refractivity contribution < 1.29 is 0 Å². The number of rotatable bonds is 4. The fourth-order valence-corrected chi connectivity index (χ4v) is 1.41. The first-order valence-electron chi connectivity index (χ1n) is 4.36. The lowest BCUT2D eigenvalue weighted by molar-refractivity contribution is 0.689. The van der Waals surface area contributed by atoms with Crippen molar-refractivity contribution in [3.8, 4) is 0 Å². The van der Waals surface area contributed by atoms with Crippen LogP contribution in [0.4, 0.5) is 5.95 Å². The van der Waals surface area contributed by atoms with Gasteiger partial charge in [0.15, 0.2) is 0 Å². The van der Waals surface area contributed by atoms with Crippen molar-refractivity contribution in [1.82, 2.24) is 9.97 Å². The Morgan fingerprint density at radius 2 is 2.00 bits per heavy atom. The van der Waals surface area contributed by atoms with E-state index in [1.165, 1.54) is 0 Å². The summed E-state index contributed by atoms with van der Waals surface area (Å²) in [6.07, 6.45) is 4.33. The summed E-state index contributed by atoms with van der Waals surface area (Å²) in [6.45, 7) is 4.04. The lowest BCUT2D eigenvalue weighted by Crippen LogP contribution is -2.19. The molecule has 4 heteroatoms. The normalized spacial score (nSPS) is 15.0. The Bertz CT molecular complexity index is 238. The zero-order valence-electron chi connectivity index (χ0n) is 7.87. The van der Waals surface area contributed by atoms with Crippen molar-refractivity contribution in [2.75, 3.05) is 5.32 Å². The second-order valence-corrected chi connectivity index (χ2v) is 3.88. The van der Waals surface area contributed by atoms with Gasteiger partial charge in [-0.05, 0) is 26.3 Å². The zero-order valence-corrected chi connectivity index (χ0v) is 8.62. The number of nitrogens with one attached hydrogen (secondary N) is 1. The van der Waals surface area contributed by atoms with Crippen molar-refractivity contribution in [2.24, 2.45) is 0 Å². The Balaban J connectivity index is 2.41. The van der Waals surface area contributed by atoms with Crippen LogP contribution in [0, 0.1) is 0 Å². The maximum absolute atomic E-state index is 5.86. The van der Waals surface area contributed by atoms with E-state index in [1.807, 2.05) is 6.92 Å². The topological polar surface area (TPSA) is 37.8 Å². The molecule has 72 valence electrons. The highest BCUT2D eigenvalue weighted by Crippen LogP contribution is 2.07. The Hall–Kier alpha value is -0.830. The van der Waals surface area contributed by atoms with Gasteiger partial charge in [0.1, 0.15) is 0 Å². The minimum atomic E-state index is 0.172. The molecule has 1 aromatic heterocycles. The summed E-state index contributed by atoms with van der Waals surface area (Å²) in [6, 6.07) is 2.09. The van der Waals surface area contributed by atoms with Crippen LogP contribution in [0.5, 0.6) is 0 Å². The largest absolute Gasteiger partial charge is 0.352 e. The van der Waals surface area contributed by atoms with Crippen LogP contribution in [0.2, 0.25) is 0 Å². The fraction of sp³-hybridized carbons (Fsp3) is 0.556. The van der Waals surface area contributed by atoms with Gasteiger partial charge in [-0.2, -0.15) is 0 Å². The van der Waals surface area contributed by atoms with Crippen molar-refractivity contribution in [3.63, 3.8) is 0 Å². The van der Waals surface area contributed by atoms with E-state index in [4.69, 9.17) is 11.6 Å². The quantitative estimate of drug-likeness (QED) is 0.757. The standard InChI is InChI=1S/C9H14ClN3/c1-7(10)6-8(2)13-9-11-4-3-5-12-9/h3-5,7-8H,6H2,1-2H3,(H,11,12,13). The number of hydrogen-bond acceptors (Lipinski definition) is 3. The van der Waals surface area contributed by atoms with E-state index in [2.05, 4.69) is 22.2 Å². The molecular weight excluding hydrogens is 186 g/mol. The van der Waals surface area contributed by atoms with Gasteiger partial charge in [-0.15, -0.1) is 11.6 Å². The van der Waals surface area contributed by atoms with Crippen molar-refractivity contribution in [3.05, 3.63) is 18.5 Å². The highest BCUT2D eigenvalue weighted by molar-refractivity contribution is 6.20. The maximum Gasteiger partial charge on any atom is 0.222 e. The number of alkyl halides is 1. The summed E-state index contributed by atoms with van der Waals surface area (Å²) in [5.41, 5.74) is 0. The molecule has 0 spiro atoms. The smallest absolute Gasteiger partial charge is 0.222 e. The molecule has 2 unspecified atom stereocenters. The van der Waals surface area contributed by atoms with Gasteiger partial charge in [0.05, 0.1) is 0 Å². The van der Waals surface area contributed by atoms with Gasteiger partial charge in [0.2, 0.25) is 5.95 Å². The van der Waals surface area contributed by atoms with E-state index < -0.39 is 0 Å². The second kappa shape index (κ2) is 5.02. The molecule has 0 radical (unpaired) electrons. The van der Waals surface area contributed by atoms with Crippen LogP contribution in [-0.4, -0.2) is 21.4 Å². The van der Waals surface area contributed by atoms with Crippen LogP contribution >= 0.6 is 11.6 Å². The van der Waals surface area contributed by atoms with E-state index in [1.54, 1.807) is 18.5 Å². The summed E-state index contributed by atoms with van der Waals surface area (Å²) in [5.74, 6) is 0.660. The third-order valence-electron chi connectivity index (χ3n) is 1.62. The van der Waals surface area contributed by atoms with Crippen LogP contribution in [0.3, 0.4) is 0 Å². The second-order valence-electron chi connectivity index (χ2n) is 3.13. The van der Waals surface area contributed by atoms with E-state index in [0.29, 0.717) is 12.0 Å². The van der Waals surface area contributed by atoms with E-state index in [9.17, 15) is 0 Å². The Morgan fingerprint density at radius 1 is 1.38 bits per heavy atom. The monoisotopic (exact) mass is 199 g/mol. The molecule has 0 saturated carbocycles. The van der Waals surface area contributed by atoms with Crippen LogP contribution in [0.15, 0.2) is 18.5 Å². The van der Waals surface area contributed by atoms with E-state index in [0.717, 1.165) is 6.42 Å². The molecular formula is C9H14ClN3. The Morgan fingerprint density at radius 3 is 2.54 bits per heavy atom. The average molecular weight is 200 g/mol. The summed E-state index contributed by atoms with van der Waals surface area (Å²) in [4.78, 5) is 8.12. The highest BCUT2D eigenvalue weighted by Gasteiger charge is 2.06. The van der Waals surface area contributed by atoms with Gasteiger partial charge in [-0.1, -0.05) is 0 Å². The molecule has 0 saturated heterocycles. The predicted octanol–water partition coefficient (Wildman–Crippen LogP) is 2.29. The number of aromatic nitrogens is 2. The molecule has 1 heterocycles. The third kappa shape index (κ3) is 4.08. The van der Waals surface area contributed by atoms with Crippen LogP contribution in [0.25, 0.3) is 0 Å². The number of hydrogen-bond donors (Lipinski definition) is 1. The molecule has 1 aromatic rings. The Labute approximate surface area is 83.5 Å². The van der Waals surface area contributed by atoms with Gasteiger partial charge in [-0.25, -0.2) is 9.97 Å². The van der Waals surface area contributed by atoms with E-state index >= 15 is 0 Å². The van der Waals surface area contributed by atoms with Gasteiger partial charge < -0.3 is 5.32 Å². The first-order valence-corrected chi connectivity index (χ1v) is 4.79. The molecule has 0 fully saturated rings. The number of nitrogens with zero attached hydrogens (tertiary/aromatic N) is 2. The average Bonchev–Trinajstić information content (AvgIpc) is 2.04. The van der Waals surface area contributed by atoms with Gasteiger partial charge in [0.25, 0.3) is 0 Å². The maximum atomic E-state index is 5.86. The van der Waals surface area contributed by atoms with Crippen LogP contribution < -0.4 is 5.32 Å². The van der Waals surface area contributed by atoms with E-state index in [-0.39, 0.29) is 5.38 Å². The molecule has 0 aromatic carbocycles. The van der Waals surface area contributed by atoms with Crippen LogP contribution in [0.1, 0.15) is 20.3 Å². The summed E-state index contributed by atoms with van der Waals surface area (Å²) < 4.78 is 0. The third-order valence-corrected chi connectivity index (χ3v) is 1.80. The molecule has 1 rings (SSSR count). The lowest BCUT2D eigenvalue weighted by atomic mass is 10.2. The van der Waals surface area contributed by atoms with Crippen molar-refractivity contribution in [2.45, 2.75) is 31.7 Å². The summed E-state index contributed by atoms with van der Waals surface area (Å²) in [5, 5.41) is 3.34. The minimum absolute atomic E-state index is 0.172. The van der Waals surface area contributed by atoms with Gasteiger partial charge in [0, 0.05) is 23.8 Å². The first kappa shape index (κ1) is 10.3. The van der Waals surface area contributed by atoms with Crippen molar-refractivity contribution >= 4 is 17.5 Å². The summed E-state index contributed by atoms with van der Waals surface area (Å²) >= 11 is 5.86. The highest BCUT2D eigenvalue weighted by atomic mass is 35.5. The number of anilines is 1. The molecule has 0 aliphatic rings. The SMILES string of the molecule is CC(Cl)CC(C)Nc1ncccn1. The van der Waals surface area contributed by atoms with Crippen molar-refractivity contribution in [1.29, 1.82) is 0 Å². The molecule has 1 N–H and O–H groups in total. The van der Waals surface area contributed by atoms with Crippen LogP contribution in [-0.2, 0) is 0 Å². The predicted molar refractivity (Wildman–Crippen MR) is 55.0 cm³/mol. The molecule has 2 atom stereocenters. The summed E-state index contributed by atoms with van der Waals surface area (Å²) in [7, 11) is 0. The molecule has 0 bridgehead atoms. The lowest BCUT2D eigenvalue weighted by Gasteiger charge is -2.14. The molecule has 0 aliphatic carbocycles. The van der Waals surface area contributed by atoms with Gasteiger partial charge >= 0.3 is 0 Å². The first-order chi connectivity index (χ1) is 6.18. The molecule has 0 amide bonds. The van der Waals surface area contributed by atoms with Gasteiger partial charge in [-0.3, -0.25) is 0 Å². The molecule has 3 nitrogen and oxygen atoms in total. The fourth-order valence-electron chi connectivity index (χ4n) is 1.14. The molecule has 0 aliphatic heterocycles. The zero-order chi connectivity index (χ0) is 9.68. The minimum Gasteiger partial charge on any atom is -0.352 e. The number of halogens is 1. The Kier molecular flexibility index (Phi) is 3.96. The molecule has 13 heavy (non-hydrogen) atoms.